The van der Waals surface area contributed by atoms with Crippen molar-refractivity contribution in [3.8, 4) is 6.07 Å². The van der Waals surface area contributed by atoms with Gasteiger partial charge in [-0.3, -0.25) is 4.79 Å². The van der Waals surface area contributed by atoms with Crippen molar-refractivity contribution in [2.75, 3.05) is 0 Å². The predicted octanol–water partition coefficient (Wildman–Crippen LogP) is 2.10. The number of carbonyl (C=O) groups is 1. The molecule has 1 amide bonds. The molecule has 0 aliphatic heterocycles. The van der Waals surface area contributed by atoms with E-state index in [0.717, 1.165) is 6.07 Å². The van der Waals surface area contributed by atoms with E-state index in [1.165, 1.54) is 18.2 Å². The van der Waals surface area contributed by atoms with E-state index < -0.39 is 17.8 Å². The molecule has 1 atom stereocenters. The van der Waals surface area contributed by atoms with E-state index in [4.69, 9.17) is 5.26 Å². The summed E-state index contributed by atoms with van der Waals surface area (Å²) in [6.07, 6.45) is 0. The molecular formula is C12H13FN2O. The number of amides is 1. The lowest BCUT2D eigenvalue weighted by molar-refractivity contribution is 0.0937. The Bertz CT molecular complexity index is 423. The van der Waals surface area contributed by atoms with Crippen LogP contribution in [0.3, 0.4) is 0 Å². The van der Waals surface area contributed by atoms with E-state index >= 15 is 0 Å². The van der Waals surface area contributed by atoms with Gasteiger partial charge in [-0.25, -0.2) is 4.39 Å². The molecule has 0 spiro atoms. The van der Waals surface area contributed by atoms with Gasteiger partial charge < -0.3 is 5.32 Å². The molecule has 1 rings (SSSR count). The first-order valence-electron chi connectivity index (χ1n) is 5.00. The molecule has 0 radical (unpaired) electrons. The van der Waals surface area contributed by atoms with Crippen LogP contribution in [0.15, 0.2) is 24.3 Å². The van der Waals surface area contributed by atoms with Gasteiger partial charge in [-0.2, -0.15) is 5.26 Å². The fourth-order valence-corrected chi connectivity index (χ4v) is 1.20. The number of nitrogens with zero attached hydrogens (tertiary/aromatic N) is 1. The Labute approximate surface area is 93.9 Å². The molecule has 0 saturated heterocycles. The lowest BCUT2D eigenvalue weighted by atomic mass is 10.1. The van der Waals surface area contributed by atoms with Crippen molar-refractivity contribution in [1.29, 1.82) is 5.26 Å². The average Bonchev–Trinajstić information content (AvgIpc) is 2.25. The minimum atomic E-state index is -0.559. The maximum absolute atomic E-state index is 12.9. The van der Waals surface area contributed by atoms with Crippen molar-refractivity contribution >= 4 is 5.91 Å². The molecule has 1 aromatic carbocycles. The van der Waals surface area contributed by atoms with Crippen molar-refractivity contribution in [3.05, 3.63) is 35.6 Å². The first-order chi connectivity index (χ1) is 7.54. The van der Waals surface area contributed by atoms with Crippen LogP contribution >= 0.6 is 0 Å². The van der Waals surface area contributed by atoms with Gasteiger partial charge in [-0.15, -0.1) is 0 Å². The monoisotopic (exact) mass is 220 g/mol. The van der Waals surface area contributed by atoms with Crippen molar-refractivity contribution in [2.45, 2.75) is 19.9 Å². The lowest BCUT2D eigenvalue weighted by Gasteiger charge is -2.14. The minimum absolute atomic E-state index is 0.0162. The number of nitriles is 1. The number of hydrogen-bond acceptors (Lipinski definition) is 2. The predicted molar refractivity (Wildman–Crippen MR) is 58.1 cm³/mol. The highest BCUT2D eigenvalue weighted by atomic mass is 19.1. The number of hydrogen-bond donors (Lipinski definition) is 1. The normalized spacial score (nSPS) is 11.9. The first-order valence-corrected chi connectivity index (χ1v) is 5.00. The largest absolute Gasteiger partial charge is 0.336 e. The summed E-state index contributed by atoms with van der Waals surface area (Å²) in [5.74, 6) is -0.882. The first kappa shape index (κ1) is 12.2. The van der Waals surface area contributed by atoms with E-state index in [2.05, 4.69) is 5.32 Å². The van der Waals surface area contributed by atoms with Gasteiger partial charge in [0.05, 0.1) is 6.07 Å². The van der Waals surface area contributed by atoms with Crippen molar-refractivity contribution < 1.29 is 9.18 Å². The minimum Gasteiger partial charge on any atom is -0.336 e. The Morgan fingerprint density at radius 2 is 2.19 bits per heavy atom. The SMILES string of the molecule is CC(C)C(C#N)NC(=O)c1cccc(F)c1. The highest BCUT2D eigenvalue weighted by Crippen LogP contribution is 2.06. The molecule has 0 aliphatic carbocycles. The zero-order valence-corrected chi connectivity index (χ0v) is 9.20. The van der Waals surface area contributed by atoms with Crippen LogP contribution < -0.4 is 5.32 Å². The summed E-state index contributed by atoms with van der Waals surface area (Å²) in [6, 6.07) is 6.81. The summed E-state index contributed by atoms with van der Waals surface area (Å²) >= 11 is 0. The number of rotatable bonds is 3. The molecule has 1 aromatic rings. The molecule has 0 aliphatic rings. The van der Waals surface area contributed by atoms with Gasteiger partial charge >= 0.3 is 0 Å². The highest BCUT2D eigenvalue weighted by molar-refractivity contribution is 5.94. The van der Waals surface area contributed by atoms with Gasteiger partial charge in [0.25, 0.3) is 5.91 Å². The lowest BCUT2D eigenvalue weighted by Crippen LogP contribution is -2.37. The zero-order chi connectivity index (χ0) is 12.1. The number of carbonyl (C=O) groups excluding carboxylic acids is 1. The Hall–Kier alpha value is -1.89. The second-order valence-electron chi connectivity index (χ2n) is 3.83. The maximum Gasteiger partial charge on any atom is 0.252 e. The summed E-state index contributed by atoms with van der Waals surface area (Å²) in [7, 11) is 0. The van der Waals surface area contributed by atoms with Crippen LogP contribution in [0.25, 0.3) is 0 Å². The van der Waals surface area contributed by atoms with Gasteiger partial charge in [0, 0.05) is 5.56 Å². The van der Waals surface area contributed by atoms with Gasteiger partial charge in [-0.05, 0) is 24.1 Å². The van der Waals surface area contributed by atoms with E-state index in [1.807, 2.05) is 19.9 Å². The van der Waals surface area contributed by atoms with Gasteiger partial charge in [0.2, 0.25) is 0 Å². The molecule has 0 heterocycles. The van der Waals surface area contributed by atoms with Gasteiger partial charge in [0.15, 0.2) is 0 Å². The summed E-state index contributed by atoms with van der Waals surface area (Å²) in [5.41, 5.74) is 0.223. The molecule has 1 N–H and O–H groups in total. The molecule has 3 nitrogen and oxygen atoms in total. The topological polar surface area (TPSA) is 52.9 Å². The number of halogens is 1. The maximum atomic E-state index is 12.9. The summed E-state index contributed by atoms with van der Waals surface area (Å²) in [4.78, 5) is 11.6. The summed E-state index contributed by atoms with van der Waals surface area (Å²) < 4.78 is 12.9. The smallest absolute Gasteiger partial charge is 0.252 e. The average molecular weight is 220 g/mol. The molecule has 0 aromatic heterocycles. The van der Waals surface area contributed by atoms with Crippen LogP contribution in [0, 0.1) is 23.1 Å². The number of benzene rings is 1. The van der Waals surface area contributed by atoms with Crippen LogP contribution in [0.5, 0.6) is 0 Å². The van der Waals surface area contributed by atoms with Crippen molar-refractivity contribution in [3.63, 3.8) is 0 Å². The Kier molecular flexibility index (Phi) is 4.01. The molecule has 4 heteroatoms. The third kappa shape index (κ3) is 3.06. The summed E-state index contributed by atoms with van der Waals surface area (Å²) in [6.45, 7) is 3.67. The molecule has 1 unspecified atom stereocenters. The Morgan fingerprint density at radius 1 is 1.50 bits per heavy atom. The van der Waals surface area contributed by atoms with Crippen LogP contribution in [-0.2, 0) is 0 Å². The Morgan fingerprint density at radius 3 is 2.69 bits per heavy atom. The fourth-order valence-electron chi connectivity index (χ4n) is 1.20. The van der Waals surface area contributed by atoms with E-state index in [1.54, 1.807) is 0 Å². The third-order valence-corrected chi connectivity index (χ3v) is 2.18. The Balaban J connectivity index is 2.77. The van der Waals surface area contributed by atoms with E-state index in [9.17, 15) is 9.18 Å². The van der Waals surface area contributed by atoms with Gasteiger partial charge in [-0.1, -0.05) is 19.9 Å². The molecule has 16 heavy (non-hydrogen) atoms. The quantitative estimate of drug-likeness (QED) is 0.848. The second-order valence-corrected chi connectivity index (χ2v) is 3.83. The second kappa shape index (κ2) is 5.26. The zero-order valence-electron chi connectivity index (χ0n) is 9.20. The van der Waals surface area contributed by atoms with Crippen LogP contribution in [0.4, 0.5) is 4.39 Å². The molecule has 0 saturated carbocycles. The molecule has 0 fully saturated rings. The highest BCUT2D eigenvalue weighted by Gasteiger charge is 2.16. The van der Waals surface area contributed by atoms with E-state index in [0.29, 0.717) is 0 Å². The van der Waals surface area contributed by atoms with Gasteiger partial charge in [0.1, 0.15) is 11.9 Å². The fraction of sp³-hybridized carbons (Fsp3) is 0.333. The summed E-state index contributed by atoms with van der Waals surface area (Å²) in [5, 5.41) is 11.4. The van der Waals surface area contributed by atoms with Crippen LogP contribution in [0.2, 0.25) is 0 Å². The van der Waals surface area contributed by atoms with Crippen molar-refractivity contribution in [2.24, 2.45) is 5.92 Å². The van der Waals surface area contributed by atoms with Crippen LogP contribution in [0.1, 0.15) is 24.2 Å². The number of nitrogens with one attached hydrogen (secondary N) is 1. The van der Waals surface area contributed by atoms with Crippen LogP contribution in [-0.4, -0.2) is 11.9 Å². The van der Waals surface area contributed by atoms with Crippen molar-refractivity contribution in [1.82, 2.24) is 5.32 Å². The molecule has 84 valence electrons. The standard InChI is InChI=1S/C12H13FN2O/c1-8(2)11(7-14)15-12(16)9-4-3-5-10(13)6-9/h3-6,8,11H,1-2H3,(H,15,16). The third-order valence-electron chi connectivity index (χ3n) is 2.18. The van der Waals surface area contributed by atoms with E-state index in [-0.39, 0.29) is 11.5 Å². The molecule has 0 bridgehead atoms. The molecular weight excluding hydrogens is 207 g/mol.